The van der Waals surface area contributed by atoms with Gasteiger partial charge in [0.25, 0.3) is 0 Å². The molecule has 5 heteroatoms. The fourth-order valence-electron chi connectivity index (χ4n) is 2.20. The van der Waals surface area contributed by atoms with Crippen molar-refractivity contribution < 1.29 is 0 Å². The van der Waals surface area contributed by atoms with E-state index in [9.17, 15) is 0 Å². The van der Waals surface area contributed by atoms with E-state index in [2.05, 4.69) is 51.7 Å². The zero-order chi connectivity index (χ0) is 13.1. The van der Waals surface area contributed by atoms with Crippen molar-refractivity contribution in [1.82, 2.24) is 25.1 Å². The summed E-state index contributed by atoms with van der Waals surface area (Å²) in [6, 6.07) is 8.54. The number of aromatic amines is 1. The minimum absolute atomic E-state index is 0.733. The molecule has 0 saturated carbocycles. The molecule has 0 amide bonds. The van der Waals surface area contributed by atoms with Crippen molar-refractivity contribution >= 4 is 10.9 Å². The third kappa shape index (κ3) is 2.51. The van der Waals surface area contributed by atoms with Crippen LogP contribution in [0.5, 0.6) is 0 Å². The molecule has 3 aromatic rings. The van der Waals surface area contributed by atoms with Crippen molar-refractivity contribution in [3.05, 3.63) is 48.2 Å². The maximum atomic E-state index is 4.10. The fraction of sp³-hybridized carbons (Fsp3) is 0.286. The fourth-order valence-corrected chi connectivity index (χ4v) is 2.20. The summed E-state index contributed by atoms with van der Waals surface area (Å²) in [5.74, 6) is 0.975. The monoisotopic (exact) mass is 255 g/mol. The normalized spacial score (nSPS) is 11.2. The third-order valence-corrected chi connectivity index (χ3v) is 3.27. The lowest BCUT2D eigenvalue weighted by Gasteiger charge is -2.06. The Bertz CT molecular complexity index is 667. The van der Waals surface area contributed by atoms with Gasteiger partial charge in [-0.15, -0.1) is 10.2 Å². The molecule has 0 saturated heterocycles. The van der Waals surface area contributed by atoms with Gasteiger partial charge in [-0.1, -0.05) is 12.1 Å². The predicted octanol–water partition coefficient (Wildman–Crippen LogP) is 2.07. The Morgan fingerprint density at radius 3 is 3.11 bits per heavy atom. The Morgan fingerprint density at radius 1 is 1.26 bits per heavy atom. The second kappa shape index (κ2) is 5.24. The van der Waals surface area contributed by atoms with Crippen molar-refractivity contribution in [1.29, 1.82) is 0 Å². The van der Waals surface area contributed by atoms with Gasteiger partial charge >= 0.3 is 0 Å². The molecule has 0 spiro atoms. The smallest absolute Gasteiger partial charge is 0.146 e. The third-order valence-electron chi connectivity index (χ3n) is 3.27. The number of fused-ring (bicyclic) bond motifs is 1. The summed E-state index contributed by atoms with van der Waals surface area (Å²) in [4.78, 5) is 3.23. The molecule has 0 radical (unpaired) electrons. The van der Waals surface area contributed by atoms with Gasteiger partial charge in [-0.2, -0.15) is 0 Å². The van der Waals surface area contributed by atoms with Crippen molar-refractivity contribution in [2.75, 3.05) is 0 Å². The zero-order valence-corrected chi connectivity index (χ0v) is 10.9. The molecule has 0 bridgehead atoms. The maximum absolute atomic E-state index is 4.10. The van der Waals surface area contributed by atoms with Crippen molar-refractivity contribution in [2.45, 2.75) is 26.6 Å². The number of hydrogen-bond acceptors (Lipinski definition) is 3. The lowest BCUT2D eigenvalue weighted by molar-refractivity contribution is 0.612. The summed E-state index contributed by atoms with van der Waals surface area (Å²) >= 11 is 0. The van der Waals surface area contributed by atoms with E-state index in [0.717, 1.165) is 25.5 Å². The molecule has 5 nitrogen and oxygen atoms in total. The van der Waals surface area contributed by atoms with E-state index in [1.165, 1.54) is 16.5 Å². The van der Waals surface area contributed by atoms with E-state index < -0.39 is 0 Å². The molecule has 0 fully saturated rings. The molecule has 0 aliphatic carbocycles. The number of aromatic nitrogens is 4. The first kappa shape index (κ1) is 11.9. The maximum Gasteiger partial charge on any atom is 0.146 e. The van der Waals surface area contributed by atoms with Crippen LogP contribution in [0.2, 0.25) is 0 Å². The van der Waals surface area contributed by atoms with Crippen molar-refractivity contribution in [2.24, 2.45) is 0 Å². The van der Waals surface area contributed by atoms with Gasteiger partial charge in [0.1, 0.15) is 12.2 Å². The van der Waals surface area contributed by atoms with Crippen LogP contribution in [0.1, 0.15) is 18.3 Å². The van der Waals surface area contributed by atoms with Crippen LogP contribution in [0.25, 0.3) is 10.9 Å². The van der Waals surface area contributed by atoms with Gasteiger partial charge in [0, 0.05) is 24.8 Å². The number of aryl methyl sites for hydroxylation is 1. The highest BCUT2D eigenvalue weighted by molar-refractivity contribution is 5.79. The van der Waals surface area contributed by atoms with E-state index in [1.807, 2.05) is 10.8 Å². The molecule has 2 aromatic heterocycles. The first-order chi connectivity index (χ1) is 9.36. The first-order valence-electron chi connectivity index (χ1n) is 6.50. The molecule has 0 aliphatic heterocycles. The van der Waals surface area contributed by atoms with Crippen LogP contribution >= 0.6 is 0 Å². The number of hydrogen-bond donors (Lipinski definition) is 2. The molecule has 0 unspecified atom stereocenters. The minimum Gasteiger partial charge on any atom is -0.361 e. The Hall–Kier alpha value is -2.14. The summed E-state index contributed by atoms with van der Waals surface area (Å²) in [6.07, 6.45) is 3.73. The quantitative estimate of drug-likeness (QED) is 0.733. The zero-order valence-electron chi connectivity index (χ0n) is 10.9. The first-order valence-corrected chi connectivity index (χ1v) is 6.50. The molecule has 2 heterocycles. The van der Waals surface area contributed by atoms with E-state index in [-0.39, 0.29) is 0 Å². The number of rotatable bonds is 5. The van der Waals surface area contributed by atoms with Crippen molar-refractivity contribution in [3.63, 3.8) is 0 Å². The molecule has 98 valence electrons. The molecular formula is C14H17N5. The molecule has 19 heavy (non-hydrogen) atoms. The number of benzene rings is 1. The van der Waals surface area contributed by atoms with Crippen molar-refractivity contribution in [3.8, 4) is 0 Å². The van der Waals surface area contributed by atoms with Crippen LogP contribution in [0.15, 0.2) is 36.8 Å². The van der Waals surface area contributed by atoms with Gasteiger partial charge < -0.3 is 14.9 Å². The van der Waals surface area contributed by atoms with Crippen LogP contribution in [-0.2, 0) is 19.6 Å². The average molecular weight is 255 g/mol. The summed E-state index contributed by atoms with van der Waals surface area (Å²) in [7, 11) is 0. The van der Waals surface area contributed by atoms with Gasteiger partial charge in [-0.25, -0.2) is 0 Å². The van der Waals surface area contributed by atoms with E-state index in [0.29, 0.717) is 0 Å². The van der Waals surface area contributed by atoms with Gasteiger partial charge in [-0.05, 0) is 30.0 Å². The van der Waals surface area contributed by atoms with Gasteiger partial charge in [-0.3, -0.25) is 0 Å². The predicted molar refractivity (Wildman–Crippen MR) is 74.5 cm³/mol. The van der Waals surface area contributed by atoms with Gasteiger partial charge in [0.05, 0.1) is 6.54 Å². The van der Waals surface area contributed by atoms with Gasteiger partial charge in [0.2, 0.25) is 0 Å². The van der Waals surface area contributed by atoms with Crippen LogP contribution in [0.3, 0.4) is 0 Å². The minimum atomic E-state index is 0.733. The van der Waals surface area contributed by atoms with Crippen LogP contribution < -0.4 is 5.32 Å². The summed E-state index contributed by atoms with van der Waals surface area (Å²) in [5, 5.41) is 12.7. The van der Waals surface area contributed by atoms with Crippen LogP contribution in [0.4, 0.5) is 0 Å². The summed E-state index contributed by atoms with van der Waals surface area (Å²) in [6.45, 7) is 4.55. The Balaban J connectivity index is 1.62. The highest BCUT2D eigenvalue weighted by Crippen LogP contribution is 2.13. The number of nitrogens with one attached hydrogen (secondary N) is 2. The highest BCUT2D eigenvalue weighted by atomic mass is 15.3. The second-order valence-corrected chi connectivity index (χ2v) is 4.54. The van der Waals surface area contributed by atoms with E-state index >= 15 is 0 Å². The Labute approximate surface area is 111 Å². The number of H-pyrrole nitrogens is 1. The van der Waals surface area contributed by atoms with Crippen LogP contribution in [-0.4, -0.2) is 19.7 Å². The number of nitrogens with zero attached hydrogens (tertiary/aromatic N) is 3. The summed E-state index contributed by atoms with van der Waals surface area (Å²) < 4.78 is 2.04. The van der Waals surface area contributed by atoms with Gasteiger partial charge in [0.15, 0.2) is 0 Å². The molecule has 1 aromatic carbocycles. The largest absolute Gasteiger partial charge is 0.361 e. The lowest BCUT2D eigenvalue weighted by Crippen LogP contribution is -2.16. The molecule has 2 N–H and O–H groups in total. The topological polar surface area (TPSA) is 58.5 Å². The summed E-state index contributed by atoms with van der Waals surface area (Å²) in [5.41, 5.74) is 2.44. The van der Waals surface area contributed by atoms with E-state index in [1.54, 1.807) is 6.33 Å². The molecule has 0 aliphatic rings. The second-order valence-electron chi connectivity index (χ2n) is 4.54. The van der Waals surface area contributed by atoms with Crippen LogP contribution in [0, 0.1) is 0 Å². The average Bonchev–Trinajstić information content (AvgIpc) is 3.06. The Morgan fingerprint density at radius 2 is 2.21 bits per heavy atom. The molecule has 0 atom stereocenters. The Kier molecular flexibility index (Phi) is 3.29. The standard InChI is InChI=1S/C14H17N5/c1-2-19-10-17-18-14(19)9-15-8-11-3-4-12-5-6-16-13(12)7-11/h3-7,10,15-16H,2,8-9H2,1H3. The highest BCUT2D eigenvalue weighted by Gasteiger charge is 2.02. The SMILES string of the molecule is CCn1cnnc1CNCc1ccc2cc[nH]c2c1. The molecule has 3 rings (SSSR count). The lowest BCUT2D eigenvalue weighted by atomic mass is 10.1. The molecular weight excluding hydrogens is 238 g/mol. The van der Waals surface area contributed by atoms with E-state index in [4.69, 9.17) is 0 Å².